The Morgan fingerprint density at radius 3 is 2.68 bits per heavy atom. The molecule has 2 rings (SSSR count). The number of likely N-dealkylation sites (tertiary alicyclic amines) is 1. The van der Waals surface area contributed by atoms with Crippen LogP contribution < -0.4 is 10.1 Å². The number of nitrogens with one attached hydrogen (secondary N) is 1. The summed E-state index contributed by atoms with van der Waals surface area (Å²) in [4.78, 5) is 25.5. The number of para-hydroxylation sites is 1. The van der Waals surface area contributed by atoms with Crippen LogP contribution in [0.3, 0.4) is 0 Å². The largest absolute Gasteiger partial charge is 0.483 e. The van der Waals surface area contributed by atoms with E-state index in [0.717, 1.165) is 43.7 Å². The van der Waals surface area contributed by atoms with Gasteiger partial charge in [-0.3, -0.25) is 9.59 Å². The molecule has 120 valence electrons. The molecule has 1 heterocycles. The second-order valence-electron chi connectivity index (χ2n) is 5.44. The molecule has 0 aromatic heterocycles. The second-order valence-corrected chi connectivity index (χ2v) is 5.44. The molecule has 0 radical (unpaired) electrons. The molecule has 1 aromatic carbocycles. The molecule has 5 heteroatoms. The van der Waals surface area contributed by atoms with Crippen molar-refractivity contribution in [1.82, 2.24) is 10.2 Å². The van der Waals surface area contributed by atoms with Gasteiger partial charge in [0.25, 0.3) is 5.91 Å². The van der Waals surface area contributed by atoms with Gasteiger partial charge in [0.15, 0.2) is 6.61 Å². The van der Waals surface area contributed by atoms with E-state index < -0.39 is 0 Å². The fourth-order valence-electron chi connectivity index (χ4n) is 2.56. The van der Waals surface area contributed by atoms with Gasteiger partial charge < -0.3 is 15.0 Å². The standard InChI is InChI=1S/C17H24N2O3/c1-2-14-7-3-4-8-15(14)22-13-16(20)18-10-9-17(21)19-11-5-6-12-19/h3-4,7-8H,2,5-6,9-13H2,1H3,(H,18,20). The summed E-state index contributed by atoms with van der Waals surface area (Å²) in [6, 6.07) is 7.70. The molecule has 1 aromatic rings. The summed E-state index contributed by atoms with van der Waals surface area (Å²) in [5.41, 5.74) is 1.08. The second kappa shape index (κ2) is 8.41. The van der Waals surface area contributed by atoms with Crippen molar-refractivity contribution < 1.29 is 14.3 Å². The minimum absolute atomic E-state index is 0.0189. The van der Waals surface area contributed by atoms with E-state index in [1.807, 2.05) is 36.1 Å². The molecule has 1 N–H and O–H groups in total. The van der Waals surface area contributed by atoms with Crippen molar-refractivity contribution in [1.29, 1.82) is 0 Å². The number of rotatable bonds is 7. The highest BCUT2D eigenvalue weighted by Crippen LogP contribution is 2.17. The zero-order valence-corrected chi connectivity index (χ0v) is 13.1. The topological polar surface area (TPSA) is 58.6 Å². The van der Waals surface area contributed by atoms with Crippen molar-refractivity contribution in [3.8, 4) is 5.75 Å². The van der Waals surface area contributed by atoms with Crippen LogP contribution in [0.1, 0.15) is 31.7 Å². The number of hydrogen-bond acceptors (Lipinski definition) is 3. The average molecular weight is 304 g/mol. The van der Waals surface area contributed by atoms with Crippen LogP contribution in [0.5, 0.6) is 5.75 Å². The maximum Gasteiger partial charge on any atom is 0.257 e. The lowest BCUT2D eigenvalue weighted by Gasteiger charge is -2.15. The first-order chi connectivity index (χ1) is 10.7. The lowest BCUT2D eigenvalue weighted by Crippen LogP contribution is -2.34. The van der Waals surface area contributed by atoms with Crippen LogP contribution in [0, 0.1) is 0 Å². The third-order valence-corrected chi connectivity index (χ3v) is 3.83. The highest BCUT2D eigenvalue weighted by molar-refractivity contribution is 5.80. The number of amides is 2. The number of ether oxygens (including phenoxy) is 1. The maximum atomic E-state index is 11.8. The van der Waals surface area contributed by atoms with Crippen molar-refractivity contribution in [3.05, 3.63) is 29.8 Å². The SMILES string of the molecule is CCc1ccccc1OCC(=O)NCCC(=O)N1CCCC1. The molecule has 0 spiro atoms. The van der Waals surface area contributed by atoms with E-state index in [4.69, 9.17) is 4.74 Å². The summed E-state index contributed by atoms with van der Waals surface area (Å²) >= 11 is 0. The summed E-state index contributed by atoms with van der Waals surface area (Å²) in [7, 11) is 0. The predicted molar refractivity (Wildman–Crippen MR) is 84.8 cm³/mol. The Kier molecular flexibility index (Phi) is 6.25. The molecular weight excluding hydrogens is 280 g/mol. The van der Waals surface area contributed by atoms with E-state index in [1.165, 1.54) is 0 Å². The average Bonchev–Trinajstić information content (AvgIpc) is 3.07. The number of aryl methyl sites for hydroxylation is 1. The Labute approximate surface area is 131 Å². The van der Waals surface area contributed by atoms with Crippen molar-refractivity contribution in [2.45, 2.75) is 32.6 Å². The van der Waals surface area contributed by atoms with E-state index in [1.54, 1.807) is 0 Å². The van der Waals surface area contributed by atoms with Gasteiger partial charge in [-0.2, -0.15) is 0 Å². The lowest BCUT2D eigenvalue weighted by molar-refractivity contribution is -0.130. The Morgan fingerprint density at radius 2 is 1.95 bits per heavy atom. The summed E-state index contributed by atoms with van der Waals surface area (Å²) in [5, 5.41) is 2.73. The lowest BCUT2D eigenvalue weighted by atomic mass is 10.1. The van der Waals surface area contributed by atoms with E-state index >= 15 is 0 Å². The number of hydrogen-bond donors (Lipinski definition) is 1. The normalized spacial score (nSPS) is 14.0. The number of carbonyl (C=O) groups is 2. The van der Waals surface area contributed by atoms with Crippen molar-refractivity contribution >= 4 is 11.8 Å². The summed E-state index contributed by atoms with van der Waals surface area (Å²) in [6.45, 7) is 4.10. The van der Waals surface area contributed by atoms with Gasteiger partial charge in [0.05, 0.1) is 0 Å². The van der Waals surface area contributed by atoms with Crippen LogP contribution in [0.15, 0.2) is 24.3 Å². The monoisotopic (exact) mass is 304 g/mol. The third-order valence-electron chi connectivity index (χ3n) is 3.83. The van der Waals surface area contributed by atoms with Gasteiger partial charge in [0.2, 0.25) is 5.91 Å². The van der Waals surface area contributed by atoms with Gasteiger partial charge in [-0.05, 0) is 30.9 Å². The van der Waals surface area contributed by atoms with E-state index in [9.17, 15) is 9.59 Å². The predicted octanol–water partition coefficient (Wildman–Crippen LogP) is 1.76. The molecule has 1 saturated heterocycles. The molecule has 1 fully saturated rings. The minimum atomic E-state index is -0.194. The molecule has 22 heavy (non-hydrogen) atoms. The van der Waals surface area contributed by atoms with Gasteiger partial charge in [0.1, 0.15) is 5.75 Å². The van der Waals surface area contributed by atoms with Gasteiger partial charge in [0, 0.05) is 26.1 Å². The molecule has 0 bridgehead atoms. The highest BCUT2D eigenvalue weighted by Gasteiger charge is 2.17. The van der Waals surface area contributed by atoms with Crippen molar-refractivity contribution in [2.24, 2.45) is 0 Å². The minimum Gasteiger partial charge on any atom is -0.483 e. The van der Waals surface area contributed by atoms with Crippen LogP contribution in [-0.2, 0) is 16.0 Å². The van der Waals surface area contributed by atoms with Crippen LogP contribution in [0.4, 0.5) is 0 Å². The molecular formula is C17H24N2O3. The Morgan fingerprint density at radius 1 is 1.23 bits per heavy atom. The van der Waals surface area contributed by atoms with E-state index in [2.05, 4.69) is 5.32 Å². The molecule has 0 atom stereocenters. The molecule has 5 nitrogen and oxygen atoms in total. The summed E-state index contributed by atoms with van der Waals surface area (Å²) in [5.74, 6) is 0.670. The van der Waals surface area contributed by atoms with Crippen molar-refractivity contribution in [2.75, 3.05) is 26.2 Å². The van der Waals surface area contributed by atoms with E-state index in [-0.39, 0.29) is 18.4 Å². The first-order valence-corrected chi connectivity index (χ1v) is 7.96. The van der Waals surface area contributed by atoms with Gasteiger partial charge in [-0.15, -0.1) is 0 Å². The summed E-state index contributed by atoms with van der Waals surface area (Å²) < 4.78 is 5.54. The smallest absolute Gasteiger partial charge is 0.257 e. The first kappa shape index (κ1) is 16.3. The Hall–Kier alpha value is -2.04. The summed E-state index contributed by atoms with van der Waals surface area (Å²) in [6.07, 6.45) is 3.39. The van der Waals surface area contributed by atoms with Crippen molar-refractivity contribution in [3.63, 3.8) is 0 Å². The Bertz CT molecular complexity index is 510. The quantitative estimate of drug-likeness (QED) is 0.835. The highest BCUT2D eigenvalue weighted by atomic mass is 16.5. The molecule has 1 aliphatic rings. The third kappa shape index (κ3) is 4.76. The molecule has 2 amide bonds. The van der Waals surface area contributed by atoms with Gasteiger partial charge in [-0.1, -0.05) is 25.1 Å². The van der Waals surface area contributed by atoms with Gasteiger partial charge in [-0.25, -0.2) is 0 Å². The first-order valence-electron chi connectivity index (χ1n) is 7.96. The Balaban J connectivity index is 1.66. The van der Waals surface area contributed by atoms with Crippen LogP contribution in [0.25, 0.3) is 0 Å². The zero-order valence-electron chi connectivity index (χ0n) is 13.1. The fraction of sp³-hybridized carbons (Fsp3) is 0.529. The molecule has 0 unspecified atom stereocenters. The number of nitrogens with zero attached hydrogens (tertiary/aromatic N) is 1. The van der Waals surface area contributed by atoms with E-state index in [0.29, 0.717) is 13.0 Å². The van der Waals surface area contributed by atoms with Gasteiger partial charge >= 0.3 is 0 Å². The molecule has 0 aliphatic carbocycles. The van der Waals surface area contributed by atoms with Crippen LogP contribution in [0.2, 0.25) is 0 Å². The molecule has 0 saturated carbocycles. The zero-order chi connectivity index (χ0) is 15.8. The van der Waals surface area contributed by atoms with Crippen LogP contribution in [-0.4, -0.2) is 43.0 Å². The van der Waals surface area contributed by atoms with Crippen LogP contribution >= 0.6 is 0 Å². The maximum absolute atomic E-state index is 11.8. The number of carbonyl (C=O) groups excluding carboxylic acids is 2. The molecule has 1 aliphatic heterocycles. The fourth-order valence-corrected chi connectivity index (χ4v) is 2.56. The number of benzene rings is 1.